The number of nitrogens with one attached hydrogen (secondary N) is 1. The van der Waals surface area contributed by atoms with E-state index < -0.39 is 0 Å². The molecule has 1 fully saturated rings. The molecule has 0 bridgehead atoms. The molecule has 0 aromatic carbocycles. The van der Waals surface area contributed by atoms with E-state index in [1.165, 1.54) is 32.1 Å². The fourth-order valence-electron chi connectivity index (χ4n) is 2.30. The van der Waals surface area contributed by atoms with Gasteiger partial charge in [-0.3, -0.25) is 0 Å². The highest BCUT2D eigenvalue weighted by Gasteiger charge is 2.36. The van der Waals surface area contributed by atoms with E-state index in [9.17, 15) is 0 Å². The molecule has 16 heavy (non-hydrogen) atoms. The monoisotopic (exact) mass is 225 g/mol. The molecule has 1 aliphatic carbocycles. The van der Waals surface area contributed by atoms with Crippen LogP contribution >= 0.6 is 0 Å². The maximum absolute atomic E-state index is 5.68. The molecule has 1 rings (SSSR count). The average molecular weight is 225 g/mol. The first-order valence-electron chi connectivity index (χ1n) is 6.70. The van der Waals surface area contributed by atoms with Crippen LogP contribution < -0.4 is 5.32 Å². The zero-order valence-electron chi connectivity index (χ0n) is 10.9. The Morgan fingerprint density at radius 1 is 1.50 bits per heavy atom. The van der Waals surface area contributed by atoms with Crippen molar-refractivity contribution in [3.05, 3.63) is 12.7 Å². The summed E-state index contributed by atoms with van der Waals surface area (Å²) in [6.45, 7) is 7.10. The normalized spacial score (nSPS) is 19.4. The lowest BCUT2D eigenvalue weighted by atomic mass is 10.00. The molecule has 0 aromatic rings. The van der Waals surface area contributed by atoms with Gasteiger partial charge < -0.3 is 10.1 Å². The van der Waals surface area contributed by atoms with Crippen LogP contribution in [0.1, 0.15) is 45.4 Å². The Kier molecular flexibility index (Phi) is 6.74. The number of unbranched alkanes of at least 4 members (excludes halogenated alkanes) is 1. The van der Waals surface area contributed by atoms with Crippen LogP contribution in [0.25, 0.3) is 0 Å². The highest BCUT2D eigenvalue weighted by molar-refractivity contribution is 4.90. The number of hydrogen-bond acceptors (Lipinski definition) is 2. The van der Waals surface area contributed by atoms with Crippen molar-refractivity contribution in [1.29, 1.82) is 0 Å². The number of rotatable bonds is 10. The van der Waals surface area contributed by atoms with Gasteiger partial charge in [0.05, 0.1) is 6.10 Å². The number of ether oxygens (including phenoxy) is 1. The fraction of sp³-hybridized carbons (Fsp3) is 0.857. The summed E-state index contributed by atoms with van der Waals surface area (Å²) in [5.74, 6) is 0.808. The zero-order chi connectivity index (χ0) is 11.8. The topological polar surface area (TPSA) is 21.3 Å². The molecule has 0 amide bonds. The van der Waals surface area contributed by atoms with Crippen molar-refractivity contribution in [2.45, 2.75) is 57.6 Å². The molecule has 0 radical (unpaired) electrons. The van der Waals surface area contributed by atoms with Gasteiger partial charge >= 0.3 is 0 Å². The second-order valence-corrected chi connectivity index (χ2v) is 4.82. The van der Waals surface area contributed by atoms with Crippen LogP contribution in [0, 0.1) is 5.92 Å². The highest BCUT2D eigenvalue weighted by atomic mass is 16.5. The first-order valence-corrected chi connectivity index (χ1v) is 6.70. The van der Waals surface area contributed by atoms with Gasteiger partial charge in [-0.1, -0.05) is 13.0 Å². The molecular weight excluding hydrogens is 198 g/mol. The van der Waals surface area contributed by atoms with Gasteiger partial charge in [0.25, 0.3) is 0 Å². The van der Waals surface area contributed by atoms with Gasteiger partial charge in [0.1, 0.15) is 0 Å². The largest absolute Gasteiger partial charge is 0.380 e. The van der Waals surface area contributed by atoms with Gasteiger partial charge in [0.15, 0.2) is 0 Å². The molecule has 2 atom stereocenters. The van der Waals surface area contributed by atoms with Crippen molar-refractivity contribution in [1.82, 2.24) is 5.32 Å². The Morgan fingerprint density at radius 3 is 2.75 bits per heavy atom. The van der Waals surface area contributed by atoms with Gasteiger partial charge in [-0.2, -0.15) is 0 Å². The molecule has 0 aromatic heterocycles. The second-order valence-electron chi connectivity index (χ2n) is 4.82. The van der Waals surface area contributed by atoms with Crippen molar-refractivity contribution < 1.29 is 4.74 Å². The van der Waals surface area contributed by atoms with Gasteiger partial charge in [-0.05, 0) is 51.0 Å². The van der Waals surface area contributed by atoms with Crippen LogP contribution in [-0.2, 0) is 4.74 Å². The van der Waals surface area contributed by atoms with E-state index in [-0.39, 0.29) is 0 Å². The lowest BCUT2D eigenvalue weighted by molar-refractivity contribution is 0.0478. The van der Waals surface area contributed by atoms with Crippen LogP contribution in [0.15, 0.2) is 12.7 Å². The molecule has 0 saturated heterocycles. The van der Waals surface area contributed by atoms with Crippen molar-refractivity contribution in [3.8, 4) is 0 Å². The van der Waals surface area contributed by atoms with Crippen LogP contribution in [0.5, 0.6) is 0 Å². The zero-order valence-corrected chi connectivity index (χ0v) is 10.9. The predicted octanol–water partition coefficient (Wildman–Crippen LogP) is 3.14. The quantitative estimate of drug-likeness (QED) is 0.455. The van der Waals surface area contributed by atoms with E-state index in [2.05, 4.69) is 18.8 Å². The van der Waals surface area contributed by atoms with Crippen LogP contribution in [0.2, 0.25) is 0 Å². The number of allylic oxidation sites excluding steroid dienone is 1. The minimum absolute atomic E-state index is 0.427. The Balaban J connectivity index is 2.36. The maximum atomic E-state index is 5.68. The Bertz CT molecular complexity index is 189. The molecule has 1 aliphatic rings. The van der Waals surface area contributed by atoms with Gasteiger partial charge in [0, 0.05) is 13.2 Å². The SMILES string of the molecule is C=CCCCC(NCCC)C(OC)C1CC1. The van der Waals surface area contributed by atoms with Gasteiger partial charge in [-0.25, -0.2) is 0 Å². The molecule has 2 nitrogen and oxygen atoms in total. The molecule has 0 aliphatic heterocycles. The molecule has 0 spiro atoms. The smallest absolute Gasteiger partial charge is 0.0752 e. The lowest BCUT2D eigenvalue weighted by Gasteiger charge is -2.27. The molecule has 2 unspecified atom stereocenters. The molecule has 94 valence electrons. The first kappa shape index (κ1) is 13.7. The predicted molar refractivity (Wildman–Crippen MR) is 69.7 cm³/mol. The summed E-state index contributed by atoms with van der Waals surface area (Å²) in [7, 11) is 1.86. The maximum Gasteiger partial charge on any atom is 0.0752 e. The Labute approximate surface area is 100 Å². The third-order valence-electron chi connectivity index (χ3n) is 3.34. The lowest BCUT2D eigenvalue weighted by Crippen LogP contribution is -2.42. The molecule has 1 N–H and O–H groups in total. The third-order valence-corrected chi connectivity index (χ3v) is 3.34. The van der Waals surface area contributed by atoms with E-state index in [4.69, 9.17) is 4.74 Å². The van der Waals surface area contributed by atoms with Crippen LogP contribution in [0.4, 0.5) is 0 Å². The van der Waals surface area contributed by atoms with Crippen molar-refractivity contribution in [3.63, 3.8) is 0 Å². The summed E-state index contributed by atoms with van der Waals surface area (Å²) >= 11 is 0. The fourth-order valence-corrected chi connectivity index (χ4v) is 2.30. The van der Waals surface area contributed by atoms with Gasteiger partial charge in [-0.15, -0.1) is 6.58 Å². The van der Waals surface area contributed by atoms with E-state index in [0.29, 0.717) is 12.1 Å². The second kappa shape index (κ2) is 7.86. The Morgan fingerprint density at radius 2 is 2.25 bits per heavy atom. The molecule has 1 saturated carbocycles. The van der Waals surface area contributed by atoms with Crippen LogP contribution in [0.3, 0.4) is 0 Å². The van der Waals surface area contributed by atoms with E-state index in [1.807, 2.05) is 13.2 Å². The molecule has 2 heteroatoms. The number of methoxy groups -OCH3 is 1. The first-order chi connectivity index (χ1) is 7.83. The van der Waals surface area contributed by atoms with Crippen molar-refractivity contribution >= 4 is 0 Å². The Hall–Kier alpha value is -0.340. The summed E-state index contributed by atoms with van der Waals surface area (Å²) in [5.41, 5.74) is 0. The molecular formula is C14H27NO. The molecule has 0 heterocycles. The van der Waals surface area contributed by atoms with Gasteiger partial charge in [0.2, 0.25) is 0 Å². The minimum atomic E-state index is 0.427. The summed E-state index contributed by atoms with van der Waals surface area (Å²) < 4.78 is 5.68. The standard InChI is InChI=1S/C14H27NO/c1-4-6-7-8-13(15-11-5-2)14(16-3)12-9-10-12/h4,12-15H,1,5-11H2,2-3H3. The summed E-state index contributed by atoms with van der Waals surface area (Å²) in [6.07, 6.45) is 9.88. The van der Waals surface area contributed by atoms with E-state index >= 15 is 0 Å². The van der Waals surface area contributed by atoms with E-state index in [1.54, 1.807) is 0 Å². The average Bonchev–Trinajstić information content (AvgIpc) is 3.10. The summed E-state index contributed by atoms with van der Waals surface area (Å²) in [6, 6.07) is 0.539. The van der Waals surface area contributed by atoms with Crippen molar-refractivity contribution in [2.24, 2.45) is 5.92 Å². The van der Waals surface area contributed by atoms with Crippen LogP contribution in [-0.4, -0.2) is 25.8 Å². The third kappa shape index (κ3) is 4.67. The van der Waals surface area contributed by atoms with E-state index in [0.717, 1.165) is 18.9 Å². The highest BCUT2D eigenvalue weighted by Crippen LogP contribution is 2.36. The van der Waals surface area contributed by atoms with Crippen molar-refractivity contribution in [2.75, 3.05) is 13.7 Å². The minimum Gasteiger partial charge on any atom is -0.380 e. The summed E-state index contributed by atoms with van der Waals surface area (Å²) in [4.78, 5) is 0. The summed E-state index contributed by atoms with van der Waals surface area (Å²) in [5, 5.41) is 3.64. The number of hydrogen-bond donors (Lipinski definition) is 1.